The summed E-state index contributed by atoms with van der Waals surface area (Å²) in [6.45, 7) is 3.62. The molecule has 0 spiro atoms. The lowest BCUT2D eigenvalue weighted by Crippen LogP contribution is -1.99. The summed E-state index contributed by atoms with van der Waals surface area (Å²) in [5.74, 6) is -1.14. The highest BCUT2D eigenvalue weighted by Crippen LogP contribution is 2.37. The van der Waals surface area contributed by atoms with Crippen LogP contribution in [0.1, 0.15) is 30.0 Å². The molecule has 0 fully saturated rings. The van der Waals surface area contributed by atoms with Gasteiger partial charge in [0.2, 0.25) is 0 Å². The number of allylic oxidation sites excluding steroid dienone is 1. The number of aliphatic carboxylic acids is 1. The Bertz CT molecular complexity index is 501. The molecule has 84 valence electrons. The highest BCUT2D eigenvalue weighted by atomic mass is 19.1. The Balaban J connectivity index is 2.55. The summed E-state index contributed by atoms with van der Waals surface area (Å²) in [5, 5.41) is 8.85. The van der Waals surface area contributed by atoms with Crippen molar-refractivity contribution in [3.63, 3.8) is 0 Å². The predicted octanol–water partition coefficient (Wildman–Crippen LogP) is 2.94. The monoisotopic (exact) mass is 220 g/mol. The number of carboxylic acids is 1. The summed E-state index contributed by atoms with van der Waals surface area (Å²) in [4.78, 5) is 10.8. The smallest absolute Gasteiger partial charge is 0.307 e. The molecule has 0 amide bonds. The minimum atomic E-state index is -0.870. The van der Waals surface area contributed by atoms with Gasteiger partial charge in [-0.25, -0.2) is 4.39 Å². The van der Waals surface area contributed by atoms with Gasteiger partial charge >= 0.3 is 5.97 Å². The molecule has 1 aliphatic carbocycles. The van der Waals surface area contributed by atoms with Crippen LogP contribution in [0.15, 0.2) is 17.7 Å². The molecule has 0 radical (unpaired) electrons. The Morgan fingerprint density at radius 3 is 2.75 bits per heavy atom. The second kappa shape index (κ2) is 3.74. The quantitative estimate of drug-likeness (QED) is 0.832. The maximum Gasteiger partial charge on any atom is 0.307 e. The molecular weight excluding hydrogens is 207 g/mol. The number of rotatable bonds is 2. The van der Waals surface area contributed by atoms with Gasteiger partial charge in [-0.1, -0.05) is 11.6 Å². The Labute approximate surface area is 93.4 Å². The molecule has 0 aromatic heterocycles. The van der Waals surface area contributed by atoms with Gasteiger partial charge < -0.3 is 5.11 Å². The van der Waals surface area contributed by atoms with Crippen LogP contribution in [0.4, 0.5) is 4.39 Å². The van der Waals surface area contributed by atoms with Crippen molar-refractivity contribution in [1.29, 1.82) is 0 Å². The third-order valence-corrected chi connectivity index (χ3v) is 3.09. The molecule has 0 unspecified atom stereocenters. The molecule has 2 nitrogen and oxygen atoms in total. The summed E-state index contributed by atoms with van der Waals surface area (Å²) >= 11 is 0. The predicted molar refractivity (Wildman–Crippen MR) is 59.7 cm³/mol. The number of carboxylic acid groups (broad SMARTS) is 1. The van der Waals surface area contributed by atoms with Gasteiger partial charge in [-0.15, -0.1) is 0 Å². The van der Waals surface area contributed by atoms with Crippen LogP contribution in [0.3, 0.4) is 0 Å². The Kier molecular flexibility index (Phi) is 2.54. The normalized spacial score (nSPS) is 14.2. The summed E-state index contributed by atoms with van der Waals surface area (Å²) in [6, 6.07) is 3.20. The van der Waals surface area contributed by atoms with E-state index in [4.69, 9.17) is 5.11 Å². The van der Waals surface area contributed by atoms with Crippen molar-refractivity contribution < 1.29 is 14.3 Å². The molecule has 3 heteroatoms. The number of halogens is 1. The first-order valence-electron chi connectivity index (χ1n) is 5.19. The van der Waals surface area contributed by atoms with Crippen molar-refractivity contribution in [1.82, 2.24) is 0 Å². The maximum atomic E-state index is 13.4. The second-order valence-corrected chi connectivity index (χ2v) is 4.21. The fourth-order valence-electron chi connectivity index (χ4n) is 2.31. The number of benzene rings is 1. The number of fused-ring (bicyclic) bond motifs is 1. The van der Waals surface area contributed by atoms with Gasteiger partial charge in [0, 0.05) is 0 Å². The molecule has 16 heavy (non-hydrogen) atoms. The molecule has 0 heterocycles. The van der Waals surface area contributed by atoms with Gasteiger partial charge in [-0.2, -0.15) is 0 Å². The van der Waals surface area contributed by atoms with Gasteiger partial charge in [0.25, 0.3) is 0 Å². The van der Waals surface area contributed by atoms with Gasteiger partial charge in [-0.05, 0) is 48.6 Å². The number of carbonyl (C=O) groups is 1. The van der Waals surface area contributed by atoms with E-state index in [1.807, 2.05) is 6.92 Å². The second-order valence-electron chi connectivity index (χ2n) is 4.21. The molecule has 1 aromatic rings. The summed E-state index contributed by atoms with van der Waals surface area (Å²) in [5.41, 5.74) is 4.21. The summed E-state index contributed by atoms with van der Waals surface area (Å²) in [6.07, 6.45) is 0.711. The fourth-order valence-corrected chi connectivity index (χ4v) is 2.31. The number of hydrogen-bond donors (Lipinski definition) is 1. The molecule has 1 aliphatic rings. The van der Waals surface area contributed by atoms with Crippen molar-refractivity contribution in [2.45, 2.75) is 26.7 Å². The molecular formula is C13H13FO2. The largest absolute Gasteiger partial charge is 0.481 e. The van der Waals surface area contributed by atoms with Crippen LogP contribution in [-0.2, 0) is 11.2 Å². The van der Waals surface area contributed by atoms with E-state index >= 15 is 0 Å². The maximum absolute atomic E-state index is 13.4. The van der Waals surface area contributed by atoms with E-state index in [1.165, 1.54) is 6.07 Å². The van der Waals surface area contributed by atoms with Crippen LogP contribution in [0.2, 0.25) is 0 Å². The first kappa shape index (κ1) is 10.9. The highest BCUT2D eigenvalue weighted by molar-refractivity contribution is 5.89. The first-order valence-corrected chi connectivity index (χ1v) is 5.19. The van der Waals surface area contributed by atoms with E-state index in [0.717, 1.165) is 28.7 Å². The van der Waals surface area contributed by atoms with Crippen LogP contribution < -0.4 is 0 Å². The molecule has 0 atom stereocenters. The summed E-state index contributed by atoms with van der Waals surface area (Å²) < 4.78 is 13.4. The zero-order valence-electron chi connectivity index (χ0n) is 9.30. The molecule has 0 bridgehead atoms. The van der Waals surface area contributed by atoms with Crippen LogP contribution in [0, 0.1) is 12.7 Å². The lowest BCUT2D eigenvalue weighted by atomic mass is 9.97. The number of hydrogen-bond acceptors (Lipinski definition) is 1. The van der Waals surface area contributed by atoms with Gasteiger partial charge in [0.1, 0.15) is 5.82 Å². The third kappa shape index (κ3) is 1.62. The van der Waals surface area contributed by atoms with Crippen molar-refractivity contribution >= 4 is 11.5 Å². The minimum absolute atomic E-state index is 0.0247. The van der Waals surface area contributed by atoms with E-state index in [9.17, 15) is 9.18 Å². The van der Waals surface area contributed by atoms with Crippen molar-refractivity contribution in [3.05, 3.63) is 40.2 Å². The molecule has 0 saturated heterocycles. The van der Waals surface area contributed by atoms with Crippen LogP contribution in [0.5, 0.6) is 0 Å². The molecule has 0 saturated carbocycles. The highest BCUT2D eigenvalue weighted by Gasteiger charge is 2.23. The van der Waals surface area contributed by atoms with Crippen LogP contribution in [0.25, 0.3) is 5.57 Å². The standard InChI is InChI=1S/C13H13FO2/c1-7-5-9-3-4-11(14)8(2)13(9)10(7)6-12(15)16/h3-4H,5-6H2,1-2H3,(H,15,16). The SMILES string of the molecule is CC1=C(CC(=O)O)c2c(ccc(F)c2C)C1. The fraction of sp³-hybridized carbons (Fsp3) is 0.308. The zero-order chi connectivity index (χ0) is 11.9. The Morgan fingerprint density at radius 2 is 2.12 bits per heavy atom. The van der Waals surface area contributed by atoms with E-state index in [2.05, 4.69) is 0 Å². The molecule has 2 rings (SSSR count). The van der Waals surface area contributed by atoms with Gasteiger partial charge in [0.05, 0.1) is 6.42 Å². The van der Waals surface area contributed by atoms with E-state index in [1.54, 1.807) is 13.0 Å². The topological polar surface area (TPSA) is 37.3 Å². The molecule has 1 aromatic carbocycles. The Hall–Kier alpha value is -1.64. The van der Waals surface area contributed by atoms with Crippen LogP contribution >= 0.6 is 0 Å². The van der Waals surface area contributed by atoms with E-state index in [0.29, 0.717) is 5.56 Å². The summed E-state index contributed by atoms with van der Waals surface area (Å²) in [7, 11) is 0. The van der Waals surface area contributed by atoms with Gasteiger partial charge in [-0.3, -0.25) is 4.79 Å². The zero-order valence-corrected chi connectivity index (χ0v) is 9.30. The van der Waals surface area contributed by atoms with Crippen LogP contribution in [-0.4, -0.2) is 11.1 Å². The molecule has 0 aliphatic heterocycles. The van der Waals surface area contributed by atoms with Crippen molar-refractivity contribution in [2.24, 2.45) is 0 Å². The van der Waals surface area contributed by atoms with Crippen molar-refractivity contribution in [2.75, 3.05) is 0 Å². The average Bonchev–Trinajstić information content (AvgIpc) is 2.50. The van der Waals surface area contributed by atoms with Crippen molar-refractivity contribution in [3.8, 4) is 0 Å². The lowest BCUT2D eigenvalue weighted by Gasteiger charge is -2.08. The molecule has 1 N–H and O–H groups in total. The van der Waals surface area contributed by atoms with E-state index < -0.39 is 5.97 Å². The minimum Gasteiger partial charge on any atom is -0.481 e. The first-order chi connectivity index (χ1) is 7.50. The van der Waals surface area contributed by atoms with E-state index in [-0.39, 0.29) is 12.2 Å². The van der Waals surface area contributed by atoms with Gasteiger partial charge in [0.15, 0.2) is 0 Å². The average molecular weight is 220 g/mol. The lowest BCUT2D eigenvalue weighted by molar-refractivity contribution is -0.135. The Morgan fingerprint density at radius 1 is 1.44 bits per heavy atom. The third-order valence-electron chi connectivity index (χ3n) is 3.09.